The fourth-order valence-electron chi connectivity index (χ4n) is 3.16. The van der Waals surface area contributed by atoms with Gasteiger partial charge in [-0.25, -0.2) is 9.37 Å². The summed E-state index contributed by atoms with van der Waals surface area (Å²) in [6.45, 7) is 3.83. The van der Waals surface area contributed by atoms with Crippen molar-refractivity contribution in [2.75, 3.05) is 26.1 Å². The van der Waals surface area contributed by atoms with Gasteiger partial charge in [-0.05, 0) is 13.8 Å². The van der Waals surface area contributed by atoms with Gasteiger partial charge in [-0.15, -0.1) is 0 Å². The zero-order valence-electron chi connectivity index (χ0n) is 14.5. The number of nitrogen functional groups attached to an aromatic ring is 1. The topological polar surface area (TPSA) is 116 Å². The molecule has 2 aliphatic rings. The lowest BCUT2D eigenvalue weighted by molar-refractivity contribution is -0.0619. The van der Waals surface area contributed by atoms with Gasteiger partial charge in [0.1, 0.15) is 12.2 Å². The van der Waals surface area contributed by atoms with E-state index in [9.17, 15) is 0 Å². The number of alkyl halides is 1. The van der Waals surface area contributed by atoms with Crippen molar-refractivity contribution in [3.05, 3.63) is 6.33 Å². The first-order chi connectivity index (χ1) is 12.5. The molecule has 0 spiro atoms. The van der Waals surface area contributed by atoms with Crippen LogP contribution >= 0.6 is 8.60 Å². The minimum Gasteiger partial charge on any atom is -0.479 e. The molecule has 5 atom stereocenters. The molecule has 2 aromatic rings. The van der Waals surface area contributed by atoms with Gasteiger partial charge in [-0.1, -0.05) is 0 Å². The summed E-state index contributed by atoms with van der Waals surface area (Å²) in [5.74, 6) is 0.202. The Bertz CT molecular complexity index is 820. The number of ether oxygens (including phenoxy) is 2. The maximum Gasteiger partial charge on any atom is 0.333 e. The molecule has 0 aliphatic carbocycles. The van der Waals surface area contributed by atoms with Gasteiger partial charge < -0.3 is 28.8 Å². The van der Waals surface area contributed by atoms with Crippen LogP contribution in [-0.2, 0) is 18.3 Å². The predicted octanol–water partition coefficient (Wildman–Crippen LogP) is 1.72. The number of imidazole rings is 1. The number of nitrogens with two attached hydrogens (primary N) is 1. The number of hydrogen-bond acceptors (Lipinski definition) is 9. The average molecular weight is 387 g/mol. The number of anilines is 1. The number of fused-ring (bicyclic) bond motifs is 2. The van der Waals surface area contributed by atoms with Crippen LogP contribution in [0.2, 0.25) is 0 Å². The molecule has 10 nitrogen and oxygen atoms in total. The van der Waals surface area contributed by atoms with E-state index in [-0.39, 0.29) is 18.4 Å². The molecule has 26 heavy (non-hydrogen) atoms. The Balaban J connectivity index is 1.71. The van der Waals surface area contributed by atoms with Crippen LogP contribution in [0.3, 0.4) is 0 Å². The Morgan fingerprint density at radius 1 is 1.50 bits per heavy atom. The third-order valence-electron chi connectivity index (χ3n) is 4.31. The number of methoxy groups -OCH3 is 1. The Morgan fingerprint density at radius 2 is 2.31 bits per heavy atom. The number of rotatable bonds is 4. The third kappa shape index (κ3) is 2.71. The van der Waals surface area contributed by atoms with Gasteiger partial charge in [-0.2, -0.15) is 9.97 Å². The first-order valence-electron chi connectivity index (χ1n) is 8.06. The van der Waals surface area contributed by atoms with E-state index < -0.39 is 32.7 Å². The number of aromatic nitrogens is 4. The fourth-order valence-corrected chi connectivity index (χ4v) is 4.36. The van der Waals surface area contributed by atoms with Crippen molar-refractivity contribution in [1.29, 1.82) is 0 Å². The van der Waals surface area contributed by atoms with Gasteiger partial charge in [0, 0.05) is 0 Å². The highest BCUT2D eigenvalue weighted by atomic mass is 31.2. The quantitative estimate of drug-likeness (QED) is 0.783. The van der Waals surface area contributed by atoms with Gasteiger partial charge in [0.25, 0.3) is 0 Å². The second-order valence-corrected chi connectivity index (χ2v) is 7.23. The molecular formula is C14H19FN5O5P. The van der Waals surface area contributed by atoms with E-state index in [1.54, 1.807) is 0 Å². The summed E-state index contributed by atoms with van der Waals surface area (Å²) in [6, 6.07) is 0. The monoisotopic (exact) mass is 387 g/mol. The summed E-state index contributed by atoms with van der Waals surface area (Å²) in [6.07, 6.45) is -1.01. The largest absolute Gasteiger partial charge is 0.479 e. The molecule has 0 bridgehead atoms. The van der Waals surface area contributed by atoms with Crippen LogP contribution in [0.25, 0.3) is 11.2 Å². The van der Waals surface area contributed by atoms with E-state index in [1.165, 1.54) is 24.9 Å². The molecule has 2 fully saturated rings. The second-order valence-electron chi connectivity index (χ2n) is 6.06. The number of halogens is 1. The summed E-state index contributed by atoms with van der Waals surface area (Å²) in [5, 5.41) is 0. The Hall–Kier alpha value is -1.65. The molecule has 0 saturated carbocycles. The highest BCUT2D eigenvalue weighted by Gasteiger charge is 2.59. The van der Waals surface area contributed by atoms with Crippen molar-refractivity contribution < 1.29 is 27.4 Å². The molecular weight excluding hydrogens is 368 g/mol. The SMILES string of the molecule is CCO[P@]1OC[C@H]2O[C@@H](n3cnc4c(OC)nc(N)nc43)[C@](C)(F)[C@@H]2O1. The molecule has 0 unspecified atom stereocenters. The highest BCUT2D eigenvalue weighted by Crippen LogP contribution is 2.54. The van der Waals surface area contributed by atoms with E-state index >= 15 is 4.39 Å². The lowest BCUT2D eigenvalue weighted by Crippen LogP contribution is -2.44. The van der Waals surface area contributed by atoms with Crippen molar-refractivity contribution in [1.82, 2.24) is 19.5 Å². The molecule has 142 valence electrons. The van der Waals surface area contributed by atoms with Crippen molar-refractivity contribution in [3.63, 3.8) is 0 Å². The normalized spacial score (nSPS) is 34.2. The molecule has 0 amide bonds. The lowest BCUT2D eigenvalue weighted by atomic mass is 9.98. The minimum absolute atomic E-state index is 0.00785. The standard InChI is InChI=1S/C14H19FN5O5P/c1-4-22-26-23-5-7-9(25-26)14(2,15)12(24-7)20-6-17-8-10(20)18-13(16)19-11(8)21-3/h6-7,9,12H,4-5H2,1-3H3,(H2,16,18,19)/t7-,9-,12-,14-,26-/m1/s1. The van der Waals surface area contributed by atoms with E-state index in [2.05, 4.69) is 15.0 Å². The van der Waals surface area contributed by atoms with Crippen LogP contribution in [0.1, 0.15) is 20.1 Å². The molecule has 4 rings (SSSR count). The van der Waals surface area contributed by atoms with Gasteiger partial charge in [0.15, 0.2) is 23.1 Å². The molecule has 12 heteroatoms. The first-order valence-corrected chi connectivity index (χ1v) is 9.16. The van der Waals surface area contributed by atoms with Gasteiger partial charge >= 0.3 is 8.60 Å². The van der Waals surface area contributed by atoms with Crippen LogP contribution < -0.4 is 10.5 Å². The van der Waals surface area contributed by atoms with Crippen LogP contribution in [0.15, 0.2) is 6.33 Å². The zero-order valence-corrected chi connectivity index (χ0v) is 15.4. The van der Waals surface area contributed by atoms with Crippen LogP contribution in [0, 0.1) is 0 Å². The number of hydrogen-bond donors (Lipinski definition) is 1. The molecule has 2 saturated heterocycles. The van der Waals surface area contributed by atoms with Crippen molar-refractivity contribution in [3.8, 4) is 5.88 Å². The van der Waals surface area contributed by atoms with Crippen LogP contribution in [0.5, 0.6) is 5.88 Å². The molecule has 2 aliphatic heterocycles. The maximum atomic E-state index is 15.7. The van der Waals surface area contributed by atoms with E-state index in [0.29, 0.717) is 17.8 Å². The minimum atomic E-state index is -1.87. The molecule has 2 N–H and O–H groups in total. The van der Waals surface area contributed by atoms with E-state index in [1.807, 2.05) is 6.92 Å². The summed E-state index contributed by atoms with van der Waals surface area (Å²) >= 11 is 0. The summed E-state index contributed by atoms with van der Waals surface area (Å²) in [5.41, 5.74) is 4.54. The Kier molecular flexibility index (Phi) is 4.44. The van der Waals surface area contributed by atoms with Crippen LogP contribution in [0.4, 0.5) is 10.3 Å². The van der Waals surface area contributed by atoms with Gasteiger partial charge in [0.2, 0.25) is 11.8 Å². The maximum absolute atomic E-state index is 15.7. The zero-order chi connectivity index (χ0) is 18.5. The third-order valence-corrected chi connectivity index (χ3v) is 5.54. The van der Waals surface area contributed by atoms with Crippen molar-refractivity contribution in [2.45, 2.75) is 38.0 Å². The van der Waals surface area contributed by atoms with Gasteiger partial charge in [0.05, 0.1) is 26.7 Å². The van der Waals surface area contributed by atoms with E-state index in [4.69, 9.17) is 28.8 Å². The summed E-state index contributed by atoms with van der Waals surface area (Å²) in [7, 11) is -0.151. The molecule has 0 aromatic carbocycles. The van der Waals surface area contributed by atoms with E-state index in [0.717, 1.165) is 0 Å². The number of nitrogens with zero attached hydrogens (tertiary/aromatic N) is 4. The van der Waals surface area contributed by atoms with Crippen LogP contribution in [-0.4, -0.2) is 57.7 Å². The van der Waals surface area contributed by atoms with Crippen molar-refractivity contribution >= 4 is 25.7 Å². The van der Waals surface area contributed by atoms with Crippen molar-refractivity contribution in [2.24, 2.45) is 0 Å². The molecule has 0 radical (unpaired) electrons. The molecule has 4 heterocycles. The van der Waals surface area contributed by atoms with Gasteiger partial charge in [-0.3, -0.25) is 4.57 Å². The fraction of sp³-hybridized carbons (Fsp3) is 0.643. The Morgan fingerprint density at radius 3 is 3.04 bits per heavy atom. The summed E-state index contributed by atoms with van der Waals surface area (Å²) in [4.78, 5) is 12.4. The lowest BCUT2D eigenvalue weighted by Gasteiger charge is -2.33. The average Bonchev–Trinajstić information content (AvgIpc) is 3.13. The molecule has 2 aromatic heterocycles. The second kappa shape index (κ2) is 6.50. The first kappa shape index (κ1) is 17.7. The smallest absolute Gasteiger partial charge is 0.333 e. The Labute approximate surface area is 149 Å². The highest BCUT2D eigenvalue weighted by molar-refractivity contribution is 7.41. The predicted molar refractivity (Wildman–Crippen MR) is 89.1 cm³/mol. The summed E-state index contributed by atoms with van der Waals surface area (Å²) < 4.78 is 44.7.